The molecule has 2 heterocycles. The van der Waals surface area contributed by atoms with E-state index in [1.807, 2.05) is 36.4 Å². The summed E-state index contributed by atoms with van der Waals surface area (Å²) >= 11 is 0. The number of rotatable bonds is 5. The van der Waals surface area contributed by atoms with Crippen molar-refractivity contribution in [3.8, 4) is 0 Å². The van der Waals surface area contributed by atoms with Crippen molar-refractivity contribution in [1.82, 2.24) is 20.1 Å². The number of nitrogens with zero attached hydrogens (tertiary/aromatic N) is 3. The summed E-state index contributed by atoms with van der Waals surface area (Å²) in [4.78, 5) is 16.9. The van der Waals surface area contributed by atoms with Gasteiger partial charge in [0.15, 0.2) is 0 Å². The van der Waals surface area contributed by atoms with Gasteiger partial charge in [-0.25, -0.2) is 0 Å². The van der Waals surface area contributed by atoms with Gasteiger partial charge >= 0.3 is 0 Å². The van der Waals surface area contributed by atoms with E-state index in [9.17, 15) is 4.79 Å². The van der Waals surface area contributed by atoms with Crippen LogP contribution in [0.3, 0.4) is 0 Å². The van der Waals surface area contributed by atoms with Gasteiger partial charge < -0.3 is 5.32 Å². The lowest BCUT2D eigenvalue weighted by Crippen LogP contribution is -2.26. The minimum atomic E-state index is -0.127. The third-order valence-electron chi connectivity index (χ3n) is 3.57. The molecule has 3 aromatic rings. The van der Waals surface area contributed by atoms with E-state index >= 15 is 0 Å². The van der Waals surface area contributed by atoms with E-state index in [1.165, 1.54) is 0 Å². The van der Waals surface area contributed by atoms with E-state index in [-0.39, 0.29) is 5.91 Å². The Kier molecular flexibility index (Phi) is 4.37. The maximum atomic E-state index is 12.3. The number of hydrogen-bond donors (Lipinski definition) is 1. The standard InChI is InChI=1S/C18H20N4O/c1-13(2)12-22-17(9-10-20-22)18(23)19-11-15-8-7-14-5-3-4-6-16(14)21-15/h3-10,13H,11-12H2,1-2H3,(H,19,23). The smallest absolute Gasteiger partial charge is 0.269 e. The van der Waals surface area contributed by atoms with Crippen molar-refractivity contribution in [2.75, 3.05) is 0 Å². The fourth-order valence-corrected chi connectivity index (χ4v) is 2.49. The molecule has 0 atom stereocenters. The molecular formula is C18H20N4O. The third-order valence-corrected chi connectivity index (χ3v) is 3.57. The van der Waals surface area contributed by atoms with Crippen molar-refractivity contribution in [1.29, 1.82) is 0 Å². The Balaban J connectivity index is 1.69. The summed E-state index contributed by atoms with van der Waals surface area (Å²) < 4.78 is 1.74. The molecule has 3 rings (SSSR count). The molecule has 0 aliphatic heterocycles. The maximum absolute atomic E-state index is 12.3. The van der Waals surface area contributed by atoms with Crippen LogP contribution >= 0.6 is 0 Å². The van der Waals surface area contributed by atoms with E-state index < -0.39 is 0 Å². The topological polar surface area (TPSA) is 59.8 Å². The fourth-order valence-electron chi connectivity index (χ4n) is 2.49. The molecule has 5 nitrogen and oxygen atoms in total. The summed E-state index contributed by atoms with van der Waals surface area (Å²) in [5.41, 5.74) is 2.36. The number of para-hydroxylation sites is 1. The fraction of sp³-hybridized carbons (Fsp3) is 0.278. The molecular weight excluding hydrogens is 288 g/mol. The summed E-state index contributed by atoms with van der Waals surface area (Å²) in [7, 11) is 0. The van der Waals surface area contributed by atoms with E-state index in [4.69, 9.17) is 0 Å². The van der Waals surface area contributed by atoms with Gasteiger partial charge in [-0.2, -0.15) is 5.10 Å². The van der Waals surface area contributed by atoms with Gasteiger partial charge in [0.2, 0.25) is 0 Å². The molecule has 1 N–H and O–H groups in total. The summed E-state index contributed by atoms with van der Waals surface area (Å²) in [6.07, 6.45) is 1.66. The average molecular weight is 308 g/mol. The normalized spacial score (nSPS) is 11.1. The second kappa shape index (κ2) is 6.60. The van der Waals surface area contributed by atoms with Gasteiger partial charge in [-0.3, -0.25) is 14.5 Å². The number of aromatic nitrogens is 3. The van der Waals surface area contributed by atoms with Gasteiger partial charge in [0.1, 0.15) is 5.69 Å². The second-order valence-corrected chi connectivity index (χ2v) is 5.97. The molecule has 0 fully saturated rings. The van der Waals surface area contributed by atoms with Gasteiger partial charge in [-0.1, -0.05) is 38.1 Å². The Morgan fingerprint density at radius 1 is 1.17 bits per heavy atom. The molecule has 1 amide bonds. The largest absolute Gasteiger partial charge is 0.345 e. The minimum Gasteiger partial charge on any atom is -0.345 e. The highest BCUT2D eigenvalue weighted by Gasteiger charge is 2.12. The monoisotopic (exact) mass is 308 g/mol. The molecule has 2 aromatic heterocycles. The van der Waals surface area contributed by atoms with Crippen LogP contribution in [-0.4, -0.2) is 20.7 Å². The van der Waals surface area contributed by atoms with E-state index in [2.05, 4.69) is 29.2 Å². The first-order chi connectivity index (χ1) is 11.1. The molecule has 0 aliphatic rings. The molecule has 1 aromatic carbocycles. The van der Waals surface area contributed by atoms with Crippen molar-refractivity contribution in [2.45, 2.75) is 26.9 Å². The number of carbonyl (C=O) groups is 1. The first kappa shape index (κ1) is 15.2. The zero-order valence-corrected chi connectivity index (χ0v) is 13.4. The van der Waals surface area contributed by atoms with Crippen molar-refractivity contribution in [3.63, 3.8) is 0 Å². The molecule has 0 bridgehead atoms. The van der Waals surface area contributed by atoms with Crippen molar-refractivity contribution < 1.29 is 4.79 Å². The molecule has 0 saturated heterocycles. The van der Waals surface area contributed by atoms with Gasteiger partial charge in [0.25, 0.3) is 5.91 Å². The summed E-state index contributed by atoms with van der Waals surface area (Å²) in [6, 6.07) is 13.6. The number of benzene rings is 1. The summed E-state index contributed by atoms with van der Waals surface area (Å²) in [5, 5.41) is 8.23. The predicted octanol–water partition coefficient (Wildman–Crippen LogP) is 3.02. The highest BCUT2D eigenvalue weighted by atomic mass is 16.2. The van der Waals surface area contributed by atoms with Gasteiger partial charge in [-0.15, -0.1) is 0 Å². The summed E-state index contributed by atoms with van der Waals surface area (Å²) in [6.45, 7) is 5.32. The van der Waals surface area contributed by atoms with Crippen LogP contribution in [0.1, 0.15) is 30.0 Å². The SMILES string of the molecule is CC(C)Cn1nccc1C(=O)NCc1ccc2ccccc2n1. The molecule has 0 saturated carbocycles. The Hall–Kier alpha value is -2.69. The van der Waals surface area contributed by atoms with Crippen LogP contribution in [0.4, 0.5) is 0 Å². The Labute approximate surface area is 135 Å². The highest BCUT2D eigenvalue weighted by molar-refractivity contribution is 5.92. The van der Waals surface area contributed by atoms with Crippen LogP contribution in [0.25, 0.3) is 10.9 Å². The lowest BCUT2D eigenvalue weighted by molar-refractivity contribution is 0.0938. The highest BCUT2D eigenvalue weighted by Crippen LogP contribution is 2.12. The van der Waals surface area contributed by atoms with Crippen molar-refractivity contribution in [3.05, 3.63) is 60.0 Å². The zero-order valence-electron chi connectivity index (χ0n) is 13.4. The lowest BCUT2D eigenvalue weighted by Gasteiger charge is -2.10. The number of fused-ring (bicyclic) bond motifs is 1. The minimum absolute atomic E-state index is 0.127. The van der Waals surface area contributed by atoms with Gasteiger partial charge in [-0.05, 0) is 24.1 Å². The van der Waals surface area contributed by atoms with Crippen LogP contribution in [0, 0.1) is 5.92 Å². The average Bonchev–Trinajstić information content (AvgIpc) is 3.00. The van der Waals surface area contributed by atoms with Crippen molar-refractivity contribution in [2.24, 2.45) is 5.92 Å². The Bertz CT molecular complexity index is 823. The molecule has 0 unspecified atom stereocenters. The number of pyridine rings is 1. The van der Waals surface area contributed by atoms with Crippen LogP contribution in [0.15, 0.2) is 48.7 Å². The number of amides is 1. The van der Waals surface area contributed by atoms with E-state index in [0.29, 0.717) is 18.2 Å². The molecule has 5 heteroatoms. The zero-order chi connectivity index (χ0) is 16.2. The first-order valence-corrected chi connectivity index (χ1v) is 7.78. The second-order valence-electron chi connectivity index (χ2n) is 5.97. The van der Waals surface area contributed by atoms with E-state index in [0.717, 1.165) is 23.1 Å². The van der Waals surface area contributed by atoms with Crippen LogP contribution in [-0.2, 0) is 13.1 Å². The Morgan fingerprint density at radius 2 is 2.00 bits per heavy atom. The summed E-state index contributed by atoms with van der Waals surface area (Å²) in [5.74, 6) is 0.307. The number of hydrogen-bond acceptors (Lipinski definition) is 3. The number of nitrogens with one attached hydrogen (secondary N) is 1. The Morgan fingerprint density at radius 3 is 2.83 bits per heavy atom. The molecule has 23 heavy (non-hydrogen) atoms. The lowest BCUT2D eigenvalue weighted by atomic mass is 10.2. The molecule has 0 spiro atoms. The van der Waals surface area contributed by atoms with E-state index in [1.54, 1.807) is 16.9 Å². The number of carbonyl (C=O) groups excluding carboxylic acids is 1. The molecule has 0 radical (unpaired) electrons. The quantitative estimate of drug-likeness (QED) is 0.788. The van der Waals surface area contributed by atoms with Crippen molar-refractivity contribution >= 4 is 16.8 Å². The van der Waals surface area contributed by atoms with Crippen LogP contribution in [0.5, 0.6) is 0 Å². The predicted molar refractivity (Wildman–Crippen MR) is 90.0 cm³/mol. The third kappa shape index (κ3) is 3.56. The van der Waals surface area contributed by atoms with Gasteiger partial charge in [0.05, 0.1) is 17.8 Å². The molecule has 0 aliphatic carbocycles. The van der Waals surface area contributed by atoms with Gasteiger partial charge in [0, 0.05) is 18.1 Å². The van der Waals surface area contributed by atoms with Crippen LogP contribution < -0.4 is 5.32 Å². The maximum Gasteiger partial charge on any atom is 0.269 e. The first-order valence-electron chi connectivity index (χ1n) is 7.78. The molecule has 118 valence electrons. The van der Waals surface area contributed by atoms with Crippen LogP contribution in [0.2, 0.25) is 0 Å².